The number of aliphatic hydroxyl groups excluding tert-OH is 2. The van der Waals surface area contributed by atoms with Crippen LogP contribution in [-0.2, 0) is 6.18 Å². The maximum atomic E-state index is 12.8. The summed E-state index contributed by atoms with van der Waals surface area (Å²) in [5.41, 5.74) is 0.983. The Labute approximate surface area is 185 Å². The molecule has 3 N–H and O–H groups in total. The Balaban J connectivity index is 1.64. The molecular formula is C22H16ClF3N4O2. The summed E-state index contributed by atoms with van der Waals surface area (Å²) in [5.74, 6) is 0.432. The minimum atomic E-state index is -4.40. The van der Waals surface area contributed by atoms with Gasteiger partial charge in [-0.15, -0.1) is 0 Å². The average molecular weight is 461 g/mol. The highest BCUT2D eigenvalue weighted by Crippen LogP contribution is 2.32. The zero-order chi connectivity index (χ0) is 22.9. The van der Waals surface area contributed by atoms with Crippen molar-refractivity contribution in [1.82, 2.24) is 15.0 Å². The van der Waals surface area contributed by atoms with Crippen molar-refractivity contribution in [3.05, 3.63) is 77.2 Å². The predicted molar refractivity (Wildman–Crippen MR) is 115 cm³/mol. The van der Waals surface area contributed by atoms with Crippen LogP contribution in [0.3, 0.4) is 0 Å². The lowest BCUT2D eigenvalue weighted by Crippen LogP contribution is -2.04. The molecule has 0 radical (unpaired) electrons. The predicted octanol–water partition coefficient (Wildman–Crippen LogP) is 5.13. The molecule has 0 amide bonds. The zero-order valence-corrected chi connectivity index (χ0v) is 17.1. The largest absolute Gasteiger partial charge is 0.416 e. The van der Waals surface area contributed by atoms with Crippen LogP contribution >= 0.6 is 11.6 Å². The van der Waals surface area contributed by atoms with Crippen molar-refractivity contribution in [3.63, 3.8) is 0 Å². The number of aliphatic hydroxyl groups is 2. The van der Waals surface area contributed by atoms with Crippen LogP contribution < -0.4 is 5.32 Å². The lowest BCUT2D eigenvalue weighted by molar-refractivity contribution is -0.137. The first-order valence-electron chi connectivity index (χ1n) is 9.40. The quantitative estimate of drug-likeness (QED) is 0.382. The molecule has 0 saturated heterocycles. The van der Waals surface area contributed by atoms with E-state index in [1.165, 1.54) is 24.4 Å². The summed E-state index contributed by atoms with van der Waals surface area (Å²) in [4.78, 5) is 12.9. The third-order valence-electron chi connectivity index (χ3n) is 4.79. The fourth-order valence-electron chi connectivity index (χ4n) is 3.11. The van der Waals surface area contributed by atoms with E-state index in [1.807, 2.05) is 0 Å². The smallest absolute Gasteiger partial charge is 0.393 e. The maximum absolute atomic E-state index is 12.8. The Morgan fingerprint density at radius 3 is 2.41 bits per heavy atom. The van der Waals surface area contributed by atoms with Gasteiger partial charge in [-0.25, -0.2) is 4.98 Å². The highest BCUT2D eigenvalue weighted by atomic mass is 35.5. The highest BCUT2D eigenvalue weighted by Gasteiger charge is 2.30. The van der Waals surface area contributed by atoms with Crippen molar-refractivity contribution in [2.75, 3.05) is 11.9 Å². The number of alkyl halides is 3. The van der Waals surface area contributed by atoms with Gasteiger partial charge in [0, 0.05) is 35.2 Å². The molecule has 3 aromatic heterocycles. The molecule has 3 heterocycles. The summed E-state index contributed by atoms with van der Waals surface area (Å²) in [7, 11) is 0. The summed E-state index contributed by atoms with van der Waals surface area (Å²) in [6.45, 7) is -0.451. The van der Waals surface area contributed by atoms with Crippen LogP contribution in [0.15, 0.2) is 61.1 Å². The van der Waals surface area contributed by atoms with Gasteiger partial charge >= 0.3 is 6.18 Å². The van der Waals surface area contributed by atoms with Gasteiger partial charge in [-0.2, -0.15) is 13.2 Å². The van der Waals surface area contributed by atoms with E-state index in [4.69, 9.17) is 16.7 Å². The number of hydrogen-bond donors (Lipinski definition) is 3. The monoisotopic (exact) mass is 460 g/mol. The molecule has 0 aliphatic heterocycles. The van der Waals surface area contributed by atoms with E-state index in [0.717, 1.165) is 17.5 Å². The average Bonchev–Trinajstić information content (AvgIpc) is 2.78. The van der Waals surface area contributed by atoms with Crippen LogP contribution in [0.25, 0.3) is 22.2 Å². The van der Waals surface area contributed by atoms with Gasteiger partial charge in [-0.05, 0) is 47.9 Å². The zero-order valence-electron chi connectivity index (χ0n) is 16.3. The molecular weight excluding hydrogens is 445 g/mol. The van der Waals surface area contributed by atoms with Crippen LogP contribution in [0.4, 0.5) is 24.7 Å². The summed E-state index contributed by atoms with van der Waals surface area (Å²) in [6.07, 6.45) is -0.936. The molecule has 0 aliphatic carbocycles. The second-order valence-electron chi connectivity index (χ2n) is 6.95. The Kier molecular flexibility index (Phi) is 5.96. The molecule has 164 valence electrons. The maximum Gasteiger partial charge on any atom is 0.416 e. The standard InChI is InChI=1S/C22H16ClF3N4O2/c23-17-7-13(19(32)11-31)9-29-20(17)18-8-12-5-6-27-21(16(12)10-28-18)30-15-3-1-14(2-4-15)22(24,25)26/h1-10,19,31-32H,11H2,(H,27,30)/t19-/m1/s1. The fraction of sp³-hybridized carbons (Fsp3) is 0.136. The molecule has 10 heteroatoms. The number of fused-ring (bicyclic) bond motifs is 1. The highest BCUT2D eigenvalue weighted by molar-refractivity contribution is 6.33. The Bertz CT molecular complexity index is 1270. The molecule has 0 aliphatic rings. The number of rotatable bonds is 5. The first-order valence-corrected chi connectivity index (χ1v) is 9.78. The molecule has 0 fully saturated rings. The topological polar surface area (TPSA) is 91.2 Å². The number of halogens is 4. The second kappa shape index (κ2) is 8.70. The first-order chi connectivity index (χ1) is 15.3. The summed E-state index contributed by atoms with van der Waals surface area (Å²) < 4.78 is 38.3. The van der Waals surface area contributed by atoms with Gasteiger partial charge in [0.1, 0.15) is 17.6 Å². The second-order valence-corrected chi connectivity index (χ2v) is 7.36. The normalized spacial score (nSPS) is 12.7. The molecule has 0 spiro atoms. The summed E-state index contributed by atoms with van der Waals surface area (Å²) >= 11 is 6.30. The lowest BCUT2D eigenvalue weighted by Gasteiger charge is -2.12. The third kappa shape index (κ3) is 4.50. The van der Waals surface area contributed by atoms with Gasteiger partial charge in [-0.1, -0.05) is 11.6 Å². The van der Waals surface area contributed by atoms with E-state index in [2.05, 4.69) is 20.3 Å². The van der Waals surface area contributed by atoms with Gasteiger partial charge in [0.05, 0.1) is 22.9 Å². The van der Waals surface area contributed by atoms with Crippen molar-refractivity contribution in [3.8, 4) is 11.4 Å². The SMILES string of the molecule is OC[C@@H](O)c1cnc(-c2cc3ccnc(Nc4ccc(C(F)(F)F)cc4)c3cn2)c(Cl)c1. The number of nitrogens with zero attached hydrogens (tertiary/aromatic N) is 3. The minimum absolute atomic E-state index is 0.263. The van der Waals surface area contributed by atoms with Crippen LogP contribution in [0.5, 0.6) is 0 Å². The number of hydrogen-bond acceptors (Lipinski definition) is 6. The number of pyridine rings is 3. The lowest BCUT2D eigenvalue weighted by atomic mass is 10.1. The van der Waals surface area contributed by atoms with E-state index in [0.29, 0.717) is 33.8 Å². The molecule has 1 atom stereocenters. The van der Waals surface area contributed by atoms with E-state index in [1.54, 1.807) is 24.5 Å². The van der Waals surface area contributed by atoms with Crippen molar-refractivity contribution in [2.24, 2.45) is 0 Å². The molecule has 0 saturated carbocycles. The number of aromatic nitrogens is 3. The van der Waals surface area contributed by atoms with Gasteiger partial charge in [0.25, 0.3) is 0 Å². The first kappa shape index (κ1) is 21.9. The van der Waals surface area contributed by atoms with E-state index < -0.39 is 24.5 Å². The van der Waals surface area contributed by atoms with Crippen LogP contribution in [-0.4, -0.2) is 31.8 Å². The molecule has 6 nitrogen and oxygen atoms in total. The Hall–Kier alpha value is -3.27. The van der Waals surface area contributed by atoms with Gasteiger partial charge < -0.3 is 15.5 Å². The molecule has 4 aromatic rings. The number of benzene rings is 1. The third-order valence-corrected chi connectivity index (χ3v) is 5.07. The van der Waals surface area contributed by atoms with Gasteiger partial charge in [0.15, 0.2) is 0 Å². The van der Waals surface area contributed by atoms with Crippen molar-refractivity contribution >= 4 is 33.9 Å². The molecule has 4 rings (SSSR count). The van der Waals surface area contributed by atoms with Crippen LogP contribution in [0.2, 0.25) is 5.02 Å². The molecule has 0 bridgehead atoms. The fourth-order valence-corrected chi connectivity index (χ4v) is 3.38. The van der Waals surface area contributed by atoms with Gasteiger partial charge in [-0.3, -0.25) is 9.97 Å². The number of anilines is 2. The van der Waals surface area contributed by atoms with E-state index >= 15 is 0 Å². The van der Waals surface area contributed by atoms with Crippen molar-refractivity contribution < 1.29 is 23.4 Å². The molecule has 1 aromatic carbocycles. The summed E-state index contributed by atoms with van der Waals surface area (Å²) in [6, 6.07) is 9.68. The van der Waals surface area contributed by atoms with E-state index in [-0.39, 0.29) is 5.02 Å². The van der Waals surface area contributed by atoms with Crippen molar-refractivity contribution in [2.45, 2.75) is 12.3 Å². The van der Waals surface area contributed by atoms with Gasteiger partial charge in [0.2, 0.25) is 0 Å². The molecule has 0 unspecified atom stereocenters. The molecule has 32 heavy (non-hydrogen) atoms. The Morgan fingerprint density at radius 1 is 1.00 bits per heavy atom. The van der Waals surface area contributed by atoms with Crippen LogP contribution in [0.1, 0.15) is 17.2 Å². The number of nitrogens with one attached hydrogen (secondary N) is 1. The van der Waals surface area contributed by atoms with Crippen molar-refractivity contribution in [1.29, 1.82) is 0 Å². The van der Waals surface area contributed by atoms with Crippen LogP contribution in [0, 0.1) is 0 Å². The Morgan fingerprint density at radius 2 is 1.75 bits per heavy atom. The van der Waals surface area contributed by atoms with E-state index in [9.17, 15) is 18.3 Å². The summed E-state index contributed by atoms with van der Waals surface area (Å²) in [5, 5.41) is 23.5. The minimum Gasteiger partial charge on any atom is -0.393 e.